The van der Waals surface area contributed by atoms with Crippen LogP contribution in [-0.2, 0) is 9.16 Å². The van der Waals surface area contributed by atoms with Crippen molar-refractivity contribution in [3.8, 4) is 0 Å². The molecule has 0 saturated carbocycles. The van der Waals surface area contributed by atoms with Crippen LogP contribution >= 0.6 is 22.6 Å². The summed E-state index contributed by atoms with van der Waals surface area (Å²) in [5, 5.41) is 0.617. The van der Waals surface area contributed by atoms with E-state index in [4.69, 9.17) is 9.16 Å². The fraction of sp³-hybridized carbons (Fsp3) is 0.583. The molecule has 0 aliphatic rings. The number of carbonyl (C=O) groups excluding carboxylic acids is 1. The maximum atomic E-state index is 13.1. The van der Waals surface area contributed by atoms with Crippen molar-refractivity contribution in [3.05, 3.63) is 43.8 Å². The third-order valence-electron chi connectivity index (χ3n) is 6.23. The molecule has 2 rings (SSSR count). The number of hydrogen-bond acceptors (Lipinski definition) is 4. The van der Waals surface area contributed by atoms with Crippen LogP contribution in [0.25, 0.3) is 10.9 Å². The molecule has 0 spiro atoms. The van der Waals surface area contributed by atoms with E-state index in [2.05, 4.69) is 77.2 Å². The van der Waals surface area contributed by atoms with E-state index in [1.54, 1.807) is 13.1 Å². The largest absolute Gasteiger partial charge is 0.462 e. The molecule has 0 radical (unpaired) electrons. The van der Waals surface area contributed by atoms with E-state index in [0.29, 0.717) is 12.0 Å². The van der Waals surface area contributed by atoms with E-state index in [0.717, 1.165) is 9.09 Å². The van der Waals surface area contributed by atoms with Crippen molar-refractivity contribution in [2.45, 2.75) is 72.6 Å². The summed E-state index contributed by atoms with van der Waals surface area (Å²) in [6.45, 7) is 20.1. The highest BCUT2D eigenvalue weighted by Gasteiger charge is 2.39. The Kier molecular flexibility index (Phi) is 7.86. The summed E-state index contributed by atoms with van der Waals surface area (Å²) in [6, 6.07) is 5.71. The van der Waals surface area contributed by atoms with Gasteiger partial charge in [-0.25, -0.2) is 4.79 Å². The first-order valence-electron chi connectivity index (χ1n) is 10.8. The Labute approximate surface area is 200 Å². The molecule has 1 unspecified atom stereocenters. The predicted octanol–water partition coefficient (Wildman–Crippen LogP) is 6.39. The summed E-state index contributed by atoms with van der Waals surface area (Å²) < 4.78 is 14.8. The molecule has 172 valence electrons. The van der Waals surface area contributed by atoms with Crippen molar-refractivity contribution < 1.29 is 14.0 Å². The first kappa shape index (κ1) is 26.1. The zero-order valence-electron chi connectivity index (χ0n) is 20.3. The molecule has 0 aliphatic heterocycles. The standard InChI is InChI=1S/C24H36INO4Si/c1-10-29-22(28)18-14-26(19-12-11-16(25)13-17(19)21(18)27)20(23(2,3)4)15-30-31(8,9)24(5,6)7/h11-14,20H,10,15H2,1-9H3. The molecule has 1 aromatic heterocycles. The minimum absolute atomic E-state index is 0.0675. The van der Waals surface area contributed by atoms with Crippen LogP contribution in [0, 0.1) is 8.99 Å². The molecular formula is C24H36INO4Si. The molecule has 0 fully saturated rings. The third kappa shape index (κ3) is 5.79. The minimum atomic E-state index is -1.98. The molecule has 0 bridgehead atoms. The van der Waals surface area contributed by atoms with Crippen LogP contribution in [0.5, 0.6) is 0 Å². The molecule has 1 aromatic carbocycles. The van der Waals surface area contributed by atoms with E-state index in [1.807, 2.05) is 22.8 Å². The van der Waals surface area contributed by atoms with Crippen molar-refractivity contribution in [1.82, 2.24) is 4.57 Å². The van der Waals surface area contributed by atoms with Gasteiger partial charge in [0.15, 0.2) is 8.32 Å². The highest BCUT2D eigenvalue weighted by molar-refractivity contribution is 14.1. The number of ether oxygens (including phenoxy) is 1. The molecular weight excluding hydrogens is 521 g/mol. The number of benzene rings is 1. The molecule has 0 saturated heterocycles. The maximum Gasteiger partial charge on any atom is 0.343 e. The van der Waals surface area contributed by atoms with Gasteiger partial charge in [-0.3, -0.25) is 4.79 Å². The second kappa shape index (κ2) is 9.35. The predicted molar refractivity (Wildman–Crippen MR) is 139 cm³/mol. The van der Waals surface area contributed by atoms with Crippen molar-refractivity contribution >= 4 is 47.8 Å². The minimum Gasteiger partial charge on any atom is -0.462 e. The second-order valence-electron chi connectivity index (χ2n) is 10.6. The van der Waals surface area contributed by atoms with Gasteiger partial charge < -0.3 is 13.7 Å². The van der Waals surface area contributed by atoms with Crippen molar-refractivity contribution in [2.75, 3.05) is 13.2 Å². The lowest BCUT2D eigenvalue weighted by molar-refractivity contribution is 0.0522. The Morgan fingerprint density at radius 2 is 1.77 bits per heavy atom. The fourth-order valence-corrected chi connectivity index (χ4v) is 4.69. The average molecular weight is 558 g/mol. The smallest absolute Gasteiger partial charge is 0.343 e. The van der Waals surface area contributed by atoms with E-state index in [-0.39, 0.29) is 34.1 Å². The van der Waals surface area contributed by atoms with Crippen LogP contribution < -0.4 is 5.43 Å². The SMILES string of the molecule is CCOC(=O)c1cn(C(CO[Si](C)(C)C(C)(C)C)C(C)(C)C)c2ccc(I)cc2c1=O. The quantitative estimate of drug-likeness (QED) is 0.235. The van der Waals surface area contributed by atoms with Crippen LogP contribution in [0.2, 0.25) is 18.1 Å². The van der Waals surface area contributed by atoms with Crippen molar-refractivity contribution in [3.63, 3.8) is 0 Å². The van der Waals surface area contributed by atoms with Gasteiger partial charge in [0.25, 0.3) is 0 Å². The Morgan fingerprint density at radius 3 is 2.29 bits per heavy atom. The Balaban J connectivity index is 2.72. The van der Waals surface area contributed by atoms with Crippen molar-refractivity contribution in [2.24, 2.45) is 5.41 Å². The van der Waals surface area contributed by atoms with Gasteiger partial charge in [-0.2, -0.15) is 0 Å². The first-order valence-corrected chi connectivity index (χ1v) is 14.7. The van der Waals surface area contributed by atoms with Gasteiger partial charge in [-0.05, 0) is 71.3 Å². The number of aromatic nitrogens is 1. The van der Waals surface area contributed by atoms with Gasteiger partial charge in [0, 0.05) is 15.2 Å². The number of nitrogens with zero attached hydrogens (tertiary/aromatic N) is 1. The molecule has 2 aromatic rings. The monoisotopic (exact) mass is 557 g/mol. The second-order valence-corrected chi connectivity index (χ2v) is 16.7. The topological polar surface area (TPSA) is 57.5 Å². The van der Waals surface area contributed by atoms with Crippen LogP contribution in [0.3, 0.4) is 0 Å². The molecule has 0 amide bonds. The van der Waals surface area contributed by atoms with E-state index < -0.39 is 14.3 Å². The number of rotatable bonds is 6. The summed E-state index contributed by atoms with van der Waals surface area (Å²) in [7, 11) is -1.98. The molecule has 0 aliphatic carbocycles. The van der Waals surface area contributed by atoms with Gasteiger partial charge in [0.1, 0.15) is 5.56 Å². The number of fused-ring (bicyclic) bond motifs is 1. The van der Waals surface area contributed by atoms with Gasteiger partial charge in [-0.15, -0.1) is 0 Å². The van der Waals surface area contributed by atoms with Gasteiger partial charge in [0.2, 0.25) is 5.43 Å². The highest BCUT2D eigenvalue weighted by atomic mass is 127. The van der Waals surface area contributed by atoms with Crippen LogP contribution in [0.15, 0.2) is 29.2 Å². The van der Waals surface area contributed by atoms with Crippen LogP contribution in [0.1, 0.15) is 64.9 Å². The number of pyridine rings is 1. The molecule has 7 heteroatoms. The molecule has 1 heterocycles. The summed E-state index contributed by atoms with van der Waals surface area (Å²) in [5.41, 5.74) is 0.413. The summed E-state index contributed by atoms with van der Waals surface area (Å²) in [5.74, 6) is -0.583. The van der Waals surface area contributed by atoms with Crippen LogP contribution in [-0.4, -0.2) is 32.1 Å². The number of esters is 1. The average Bonchev–Trinajstić information content (AvgIpc) is 2.61. The lowest BCUT2D eigenvalue weighted by Crippen LogP contribution is -2.43. The molecule has 31 heavy (non-hydrogen) atoms. The van der Waals surface area contributed by atoms with Gasteiger partial charge in [-0.1, -0.05) is 41.5 Å². The Morgan fingerprint density at radius 1 is 1.16 bits per heavy atom. The number of halogens is 1. The first-order chi connectivity index (χ1) is 14.1. The van der Waals surface area contributed by atoms with E-state index in [9.17, 15) is 9.59 Å². The summed E-state index contributed by atoms with van der Waals surface area (Å²) in [4.78, 5) is 25.7. The summed E-state index contributed by atoms with van der Waals surface area (Å²) >= 11 is 2.19. The molecule has 5 nitrogen and oxygen atoms in total. The zero-order valence-corrected chi connectivity index (χ0v) is 23.4. The van der Waals surface area contributed by atoms with Crippen molar-refractivity contribution in [1.29, 1.82) is 0 Å². The summed E-state index contributed by atoms with van der Waals surface area (Å²) in [6.07, 6.45) is 1.67. The zero-order chi connectivity index (χ0) is 23.8. The molecule has 1 atom stereocenters. The maximum absolute atomic E-state index is 13.1. The molecule has 0 N–H and O–H groups in total. The Bertz CT molecular complexity index is 1020. The van der Waals surface area contributed by atoms with E-state index in [1.165, 1.54) is 0 Å². The normalized spacial score (nSPS) is 14.0. The van der Waals surface area contributed by atoms with Crippen LogP contribution in [0.4, 0.5) is 0 Å². The Hall–Kier alpha value is -1.19. The van der Waals surface area contributed by atoms with E-state index >= 15 is 0 Å². The third-order valence-corrected chi connectivity index (χ3v) is 11.4. The highest BCUT2D eigenvalue weighted by Crippen LogP contribution is 2.39. The fourth-order valence-electron chi connectivity index (χ4n) is 3.19. The number of hydrogen-bond donors (Lipinski definition) is 0. The number of carbonyl (C=O) groups is 1. The lowest BCUT2D eigenvalue weighted by atomic mass is 9.86. The van der Waals surface area contributed by atoms with Gasteiger partial charge in [0.05, 0.1) is 24.8 Å². The van der Waals surface area contributed by atoms with Gasteiger partial charge >= 0.3 is 5.97 Å². The lowest BCUT2D eigenvalue weighted by Gasteiger charge is -2.40.